The second-order valence-electron chi connectivity index (χ2n) is 2.71. The van der Waals surface area contributed by atoms with Crippen LogP contribution in [0.2, 0.25) is 0 Å². The van der Waals surface area contributed by atoms with Crippen molar-refractivity contribution >= 4 is 0 Å². The molecule has 11 heteroatoms. The second kappa shape index (κ2) is 5.78. The summed E-state index contributed by atoms with van der Waals surface area (Å²) in [5.41, 5.74) is 0. The lowest BCUT2D eigenvalue weighted by Crippen LogP contribution is -2.47. The summed E-state index contributed by atoms with van der Waals surface area (Å²) in [5, 5.41) is 0. The van der Waals surface area contributed by atoms with E-state index >= 15 is 0 Å². The number of hydrogen-bond acceptors (Lipinski definition) is 3. The average molecular weight is 278 g/mol. The van der Waals surface area contributed by atoms with Gasteiger partial charge in [0.05, 0.1) is 0 Å². The van der Waals surface area contributed by atoms with Gasteiger partial charge in [0, 0.05) is 0 Å². The van der Waals surface area contributed by atoms with Crippen molar-refractivity contribution in [1.82, 2.24) is 0 Å². The van der Waals surface area contributed by atoms with Crippen molar-refractivity contribution < 1.29 is 49.7 Å². The van der Waals surface area contributed by atoms with E-state index < -0.39 is 38.2 Å². The molecule has 0 aromatic rings. The molecule has 1 unspecified atom stereocenters. The molecule has 0 N–H and O–H groups in total. The van der Waals surface area contributed by atoms with Crippen LogP contribution in [-0.2, 0) is 14.4 Å². The number of halogens is 8. The Morgan fingerprint density at radius 2 is 1.35 bits per heavy atom. The standard InChI is InChI=1S/C6H6F8O3/c7-4(1-17-14,6(11,12)13)16-3-15-2-5(8,9)10/h1-3H2. The maximum absolute atomic E-state index is 12.8. The Morgan fingerprint density at radius 3 is 1.71 bits per heavy atom. The van der Waals surface area contributed by atoms with Gasteiger partial charge in [-0.2, -0.15) is 35.7 Å². The van der Waals surface area contributed by atoms with Crippen molar-refractivity contribution in [2.45, 2.75) is 18.2 Å². The van der Waals surface area contributed by atoms with Crippen molar-refractivity contribution in [3.05, 3.63) is 0 Å². The molecule has 0 radical (unpaired) electrons. The van der Waals surface area contributed by atoms with Gasteiger partial charge in [0.1, 0.15) is 6.61 Å². The minimum absolute atomic E-state index is 1.67. The summed E-state index contributed by atoms with van der Waals surface area (Å²) in [7, 11) is 0. The third kappa shape index (κ3) is 5.98. The van der Waals surface area contributed by atoms with Crippen LogP contribution in [0.15, 0.2) is 0 Å². The van der Waals surface area contributed by atoms with Crippen LogP contribution in [0.5, 0.6) is 0 Å². The highest BCUT2D eigenvalue weighted by atomic mass is 19.4. The zero-order chi connectivity index (χ0) is 13.7. The summed E-state index contributed by atoms with van der Waals surface area (Å²) in [6.45, 7) is -5.78. The Morgan fingerprint density at radius 1 is 0.824 bits per heavy atom. The molecule has 0 rings (SSSR count). The first kappa shape index (κ1) is 16.3. The van der Waals surface area contributed by atoms with E-state index in [-0.39, 0.29) is 0 Å². The molecule has 0 saturated carbocycles. The van der Waals surface area contributed by atoms with E-state index in [4.69, 9.17) is 0 Å². The molecule has 0 amide bonds. The first-order valence-corrected chi connectivity index (χ1v) is 3.79. The minimum Gasteiger partial charge on any atom is -0.346 e. The Bertz CT molecular complexity index is 226. The van der Waals surface area contributed by atoms with Crippen molar-refractivity contribution in [3.8, 4) is 0 Å². The Balaban J connectivity index is 4.20. The van der Waals surface area contributed by atoms with E-state index in [0.717, 1.165) is 0 Å². The van der Waals surface area contributed by atoms with Crippen LogP contribution in [-0.4, -0.2) is 38.2 Å². The summed E-state index contributed by atoms with van der Waals surface area (Å²) in [6, 6.07) is 0. The summed E-state index contributed by atoms with van der Waals surface area (Å²) in [4.78, 5) is 2.43. The van der Waals surface area contributed by atoms with E-state index in [1.807, 2.05) is 0 Å². The highest BCUT2D eigenvalue weighted by Gasteiger charge is 2.58. The van der Waals surface area contributed by atoms with E-state index in [9.17, 15) is 35.3 Å². The number of hydrogen-bond donors (Lipinski definition) is 0. The minimum atomic E-state index is -5.68. The molecule has 0 aliphatic heterocycles. The average Bonchev–Trinajstić information content (AvgIpc) is 2.09. The smallest absolute Gasteiger partial charge is 0.346 e. The lowest BCUT2D eigenvalue weighted by molar-refractivity contribution is -0.380. The SMILES string of the molecule is FOCC(F)(OCOCC(F)(F)F)C(F)(F)F. The lowest BCUT2D eigenvalue weighted by Gasteiger charge is -2.25. The van der Waals surface area contributed by atoms with Gasteiger partial charge in [-0.25, -0.2) is 0 Å². The predicted octanol–water partition coefficient (Wildman–Crippen LogP) is 2.67. The van der Waals surface area contributed by atoms with Crippen LogP contribution in [0, 0.1) is 0 Å². The summed E-state index contributed by atoms with van der Waals surface area (Å²) in [5.74, 6) is -4.58. The first-order chi connectivity index (χ1) is 7.52. The van der Waals surface area contributed by atoms with Crippen LogP contribution < -0.4 is 0 Å². The fraction of sp³-hybridized carbons (Fsp3) is 1.00. The quantitative estimate of drug-likeness (QED) is 0.424. The molecular weight excluding hydrogens is 272 g/mol. The van der Waals surface area contributed by atoms with Gasteiger partial charge < -0.3 is 9.47 Å². The zero-order valence-electron chi connectivity index (χ0n) is 7.87. The van der Waals surface area contributed by atoms with Gasteiger partial charge in [0.15, 0.2) is 13.4 Å². The van der Waals surface area contributed by atoms with Gasteiger partial charge in [0.2, 0.25) is 0 Å². The Labute approximate surface area is 89.1 Å². The van der Waals surface area contributed by atoms with Gasteiger partial charge in [-0.15, -0.1) is 0 Å². The third-order valence-corrected chi connectivity index (χ3v) is 1.30. The molecular formula is C6H6F8O3. The fourth-order valence-electron chi connectivity index (χ4n) is 0.568. The lowest BCUT2D eigenvalue weighted by atomic mass is 10.3. The topological polar surface area (TPSA) is 27.7 Å². The monoisotopic (exact) mass is 278 g/mol. The summed E-state index contributed by atoms with van der Waals surface area (Å²) in [6.07, 6.45) is -10.5. The molecule has 0 heterocycles. The van der Waals surface area contributed by atoms with E-state index in [1.54, 1.807) is 0 Å². The first-order valence-electron chi connectivity index (χ1n) is 3.79. The number of alkyl halides is 7. The highest BCUT2D eigenvalue weighted by Crippen LogP contribution is 2.35. The van der Waals surface area contributed by atoms with Crippen molar-refractivity contribution in [1.29, 1.82) is 0 Å². The van der Waals surface area contributed by atoms with Gasteiger partial charge in [0.25, 0.3) is 0 Å². The van der Waals surface area contributed by atoms with Crippen molar-refractivity contribution in [3.63, 3.8) is 0 Å². The molecule has 0 aliphatic carbocycles. The molecule has 0 aromatic heterocycles. The highest BCUT2D eigenvalue weighted by molar-refractivity contribution is 4.76. The van der Waals surface area contributed by atoms with Crippen molar-refractivity contribution in [2.75, 3.05) is 20.0 Å². The van der Waals surface area contributed by atoms with E-state index in [2.05, 4.69) is 14.4 Å². The van der Waals surface area contributed by atoms with E-state index in [1.165, 1.54) is 0 Å². The molecule has 104 valence electrons. The maximum Gasteiger partial charge on any atom is 0.451 e. The second-order valence-corrected chi connectivity index (χ2v) is 2.71. The largest absolute Gasteiger partial charge is 0.451 e. The number of ether oxygens (including phenoxy) is 2. The van der Waals surface area contributed by atoms with Crippen LogP contribution in [0.25, 0.3) is 0 Å². The molecule has 0 saturated heterocycles. The van der Waals surface area contributed by atoms with Crippen LogP contribution in [0.3, 0.4) is 0 Å². The van der Waals surface area contributed by atoms with Gasteiger partial charge in [-0.05, 0) is 4.53 Å². The Kier molecular flexibility index (Phi) is 5.55. The van der Waals surface area contributed by atoms with Gasteiger partial charge in [-0.1, -0.05) is 0 Å². The normalized spacial score (nSPS) is 16.9. The van der Waals surface area contributed by atoms with E-state index in [0.29, 0.717) is 0 Å². The van der Waals surface area contributed by atoms with Gasteiger partial charge >= 0.3 is 18.2 Å². The molecule has 3 nitrogen and oxygen atoms in total. The number of rotatable bonds is 6. The van der Waals surface area contributed by atoms with Crippen LogP contribution >= 0.6 is 0 Å². The molecule has 0 aromatic carbocycles. The maximum atomic E-state index is 12.8. The molecule has 17 heavy (non-hydrogen) atoms. The summed E-state index contributed by atoms with van der Waals surface area (Å²) < 4.78 is 101. The molecule has 0 fully saturated rings. The molecule has 0 bridgehead atoms. The molecule has 0 aliphatic rings. The van der Waals surface area contributed by atoms with Gasteiger partial charge in [-0.3, -0.25) is 0 Å². The van der Waals surface area contributed by atoms with Crippen LogP contribution in [0.1, 0.15) is 0 Å². The van der Waals surface area contributed by atoms with Crippen molar-refractivity contribution in [2.24, 2.45) is 0 Å². The predicted molar refractivity (Wildman–Crippen MR) is 34.9 cm³/mol. The zero-order valence-corrected chi connectivity index (χ0v) is 7.87. The Hall–Kier alpha value is -0.680. The molecule has 1 atom stereocenters. The third-order valence-electron chi connectivity index (χ3n) is 1.30. The summed E-state index contributed by atoms with van der Waals surface area (Å²) >= 11 is 0. The molecule has 0 spiro atoms. The fourth-order valence-corrected chi connectivity index (χ4v) is 0.568. The van der Waals surface area contributed by atoms with Crippen LogP contribution in [0.4, 0.5) is 35.3 Å².